The van der Waals surface area contributed by atoms with Crippen LogP contribution in [0.3, 0.4) is 0 Å². The number of hydrogen-bond acceptors (Lipinski definition) is 4. The maximum Gasteiger partial charge on any atom is 0.166 e. The highest BCUT2D eigenvalue weighted by molar-refractivity contribution is 5.44. The lowest BCUT2D eigenvalue weighted by Crippen LogP contribution is -2.01. The van der Waals surface area contributed by atoms with E-state index in [4.69, 9.17) is 10.5 Å². The first kappa shape index (κ1) is 9.45. The molecule has 0 aliphatic carbocycles. The SMILES string of the molecule is Nc1ncccc1OCc1ccccn1. The largest absolute Gasteiger partial charge is 0.483 e. The normalized spacial score (nSPS) is 9.87. The van der Waals surface area contributed by atoms with Crippen molar-refractivity contribution in [3.63, 3.8) is 0 Å². The lowest BCUT2D eigenvalue weighted by atomic mass is 10.4. The van der Waals surface area contributed by atoms with Crippen molar-refractivity contribution in [3.8, 4) is 5.75 Å². The van der Waals surface area contributed by atoms with Crippen molar-refractivity contribution in [2.24, 2.45) is 0 Å². The van der Waals surface area contributed by atoms with Crippen molar-refractivity contribution < 1.29 is 4.74 Å². The van der Waals surface area contributed by atoms with Gasteiger partial charge in [-0.25, -0.2) is 4.98 Å². The molecule has 0 saturated carbocycles. The Bertz CT molecular complexity index is 431. The lowest BCUT2D eigenvalue weighted by molar-refractivity contribution is 0.302. The van der Waals surface area contributed by atoms with Crippen molar-refractivity contribution >= 4 is 5.82 Å². The van der Waals surface area contributed by atoms with Crippen molar-refractivity contribution in [2.45, 2.75) is 6.61 Å². The molecule has 15 heavy (non-hydrogen) atoms. The number of nitrogen functional groups attached to an aromatic ring is 1. The van der Waals surface area contributed by atoms with E-state index >= 15 is 0 Å². The number of rotatable bonds is 3. The molecule has 0 spiro atoms. The first-order valence-electron chi connectivity index (χ1n) is 4.59. The topological polar surface area (TPSA) is 61.0 Å². The Kier molecular flexibility index (Phi) is 2.78. The van der Waals surface area contributed by atoms with E-state index in [1.165, 1.54) is 0 Å². The summed E-state index contributed by atoms with van der Waals surface area (Å²) in [5.41, 5.74) is 6.49. The predicted octanol–water partition coefficient (Wildman–Crippen LogP) is 1.64. The molecule has 0 radical (unpaired) electrons. The second-order valence-electron chi connectivity index (χ2n) is 3.00. The summed E-state index contributed by atoms with van der Waals surface area (Å²) >= 11 is 0. The molecule has 2 rings (SSSR count). The highest BCUT2D eigenvalue weighted by Crippen LogP contribution is 2.17. The number of pyridine rings is 2. The van der Waals surface area contributed by atoms with Gasteiger partial charge in [-0.1, -0.05) is 6.07 Å². The van der Waals surface area contributed by atoms with Crippen molar-refractivity contribution in [1.82, 2.24) is 9.97 Å². The van der Waals surface area contributed by atoms with E-state index in [0.717, 1.165) is 5.69 Å². The summed E-state index contributed by atoms with van der Waals surface area (Å²) < 4.78 is 5.47. The summed E-state index contributed by atoms with van der Waals surface area (Å²) in [5, 5.41) is 0. The second-order valence-corrected chi connectivity index (χ2v) is 3.00. The van der Waals surface area contributed by atoms with E-state index in [2.05, 4.69) is 9.97 Å². The summed E-state index contributed by atoms with van der Waals surface area (Å²) in [6.45, 7) is 0.400. The van der Waals surface area contributed by atoms with Gasteiger partial charge >= 0.3 is 0 Å². The number of anilines is 1. The third kappa shape index (κ3) is 2.43. The smallest absolute Gasteiger partial charge is 0.166 e. The molecule has 0 aliphatic heterocycles. The molecule has 76 valence electrons. The molecule has 4 heteroatoms. The van der Waals surface area contributed by atoms with Gasteiger partial charge in [0, 0.05) is 12.4 Å². The van der Waals surface area contributed by atoms with E-state index in [1.54, 1.807) is 24.5 Å². The summed E-state index contributed by atoms with van der Waals surface area (Å²) in [7, 11) is 0. The Morgan fingerprint density at radius 2 is 1.93 bits per heavy atom. The van der Waals surface area contributed by atoms with Crippen LogP contribution in [-0.2, 0) is 6.61 Å². The average molecular weight is 201 g/mol. The molecule has 2 aromatic heterocycles. The number of nitrogens with zero attached hydrogens (tertiary/aromatic N) is 2. The van der Waals surface area contributed by atoms with Crippen LogP contribution in [0.2, 0.25) is 0 Å². The Morgan fingerprint density at radius 3 is 2.67 bits per heavy atom. The zero-order chi connectivity index (χ0) is 10.5. The van der Waals surface area contributed by atoms with E-state index in [1.807, 2.05) is 18.2 Å². The molecular weight excluding hydrogens is 190 g/mol. The number of hydrogen-bond donors (Lipinski definition) is 1. The zero-order valence-corrected chi connectivity index (χ0v) is 8.13. The van der Waals surface area contributed by atoms with E-state index in [-0.39, 0.29) is 0 Å². The maximum atomic E-state index is 5.63. The molecule has 0 bridgehead atoms. The van der Waals surface area contributed by atoms with Crippen LogP contribution in [0.25, 0.3) is 0 Å². The molecule has 0 amide bonds. The highest BCUT2D eigenvalue weighted by atomic mass is 16.5. The summed E-state index contributed by atoms with van der Waals surface area (Å²) in [6, 6.07) is 9.24. The standard InChI is InChI=1S/C11H11N3O/c12-11-10(5-3-7-14-11)15-8-9-4-1-2-6-13-9/h1-7H,8H2,(H2,12,14). The van der Waals surface area contributed by atoms with Gasteiger partial charge < -0.3 is 10.5 Å². The molecule has 2 N–H and O–H groups in total. The number of aromatic nitrogens is 2. The maximum absolute atomic E-state index is 5.63. The van der Waals surface area contributed by atoms with Gasteiger partial charge in [0.15, 0.2) is 11.6 Å². The second kappa shape index (κ2) is 4.41. The van der Waals surface area contributed by atoms with Crippen molar-refractivity contribution in [2.75, 3.05) is 5.73 Å². The Labute approximate surface area is 87.7 Å². The van der Waals surface area contributed by atoms with Gasteiger partial charge in [-0.05, 0) is 24.3 Å². The fourth-order valence-electron chi connectivity index (χ4n) is 1.16. The molecule has 0 aromatic carbocycles. The summed E-state index contributed by atoms with van der Waals surface area (Å²) in [5.74, 6) is 0.983. The number of nitrogens with two attached hydrogens (primary N) is 1. The molecule has 0 aliphatic rings. The van der Waals surface area contributed by atoms with Gasteiger partial charge in [-0.15, -0.1) is 0 Å². The van der Waals surface area contributed by atoms with Crippen LogP contribution in [0.15, 0.2) is 42.7 Å². The van der Waals surface area contributed by atoms with E-state index in [9.17, 15) is 0 Å². The minimum absolute atomic E-state index is 0.397. The minimum Gasteiger partial charge on any atom is -0.483 e. The molecule has 2 aromatic rings. The van der Waals surface area contributed by atoms with Gasteiger partial charge in [0.1, 0.15) is 6.61 Å². The monoisotopic (exact) mass is 201 g/mol. The van der Waals surface area contributed by atoms with Crippen LogP contribution >= 0.6 is 0 Å². The lowest BCUT2D eigenvalue weighted by Gasteiger charge is -2.06. The van der Waals surface area contributed by atoms with Crippen LogP contribution in [0, 0.1) is 0 Å². The fourth-order valence-corrected chi connectivity index (χ4v) is 1.16. The summed E-state index contributed by atoms with van der Waals surface area (Å²) in [4.78, 5) is 8.06. The van der Waals surface area contributed by atoms with Crippen LogP contribution in [0.1, 0.15) is 5.69 Å². The van der Waals surface area contributed by atoms with Gasteiger partial charge in [0.25, 0.3) is 0 Å². The minimum atomic E-state index is 0.397. The highest BCUT2D eigenvalue weighted by Gasteiger charge is 2.00. The third-order valence-electron chi connectivity index (χ3n) is 1.90. The van der Waals surface area contributed by atoms with Crippen LogP contribution < -0.4 is 10.5 Å². The van der Waals surface area contributed by atoms with Crippen molar-refractivity contribution in [1.29, 1.82) is 0 Å². The molecule has 0 atom stereocenters. The van der Waals surface area contributed by atoms with E-state index < -0.39 is 0 Å². The van der Waals surface area contributed by atoms with Gasteiger partial charge in [-0.3, -0.25) is 4.98 Å². The Hall–Kier alpha value is -2.10. The van der Waals surface area contributed by atoms with Crippen LogP contribution in [-0.4, -0.2) is 9.97 Å². The fraction of sp³-hybridized carbons (Fsp3) is 0.0909. The Balaban J connectivity index is 2.03. The molecule has 0 unspecified atom stereocenters. The van der Waals surface area contributed by atoms with Gasteiger partial charge in [0.05, 0.1) is 5.69 Å². The molecule has 4 nitrogen and oxygen atoms in total. The summed E-state index contributed by atoms with van der Waals surface area (Å²) in [6.07, 6.45) is 3.36. The van der Waals surface area contributed by atoms with E-state index in [0.29, 0.717) is 18.2 Å². The first-order valence-corrected chi connectivity index (χ1v) is 4.59. The average Bonchev–Trinajstić information content (AvgIpc) is 2.29. The number of ether oxygens (including phenoxy) is 1. The quantitative estimate of drug-likeness (QED) is 0.820. The zero-order valence-electron chi connectivity index (χ0n) is 8.13. The molecular formula is C11H11N3O. The van der Waals surface area contributed by atoms with Gasteiger partial charge in [0.2, 0.25) is 0 Å². The van der Waals surface area contributed by atoms with Crippen LogP contribution in [0.5, 0.6) is 5.75 Å². The molecule has 0 fully saturated rings. The van der Waals surface area contributed by atoms with Gasteiger partial charge in [-0.2, -0.15) is 0 Å². The predicted molar refractivity (Wildman–Crippen MR) is 57.2 cm³/mol. The Morgan fingerprint density at radius 1 is 1.07 bits per heavy atom. The first-order chi connectivity index (χ1) is 7.36. The third-order valence-corrected chi connectivity index (χ3v) is 1.90. The van der Waals surface area contributed by atoms with Crippen LogP contribution in [0.4, 0.5) is 5.82 Å². The molecule has 2 heterocycles. The van der Waals surface area contributed by atoms with Crippen molar-refractivity contribution in [3.05, 3.63) is 48.4 Å². The molecule has 0 saturated heterocycles.